The molecule has 0 bridgehead atoms. The van der Waals surface area contributed by atoms with Crippen LogP contribution in [0.5, 0.6) is 5.75 Å². The highest BCUT2D eigenvalue weighted by molar-refractivity contribution is 5.85. The van der Waals surface area contributed by atoms with Crippen molar-refractivity contribution >= 4 is 36.5 Å². The van der Waals surface area contributed by atoms with Crippen molar-refractivity contribution < 1.29 is 14.3 Å². The third-order valence-electron chi connectivity index (χ3n) is 2.98. The summed E-state index contributed by atoms with van der Waals surface area (Å²) in [5, 5.41) is 3.32. The van der Waals surface area contributed by atoms with Crippen molar-refractivity contribution in [2.75, 3.05) is 44.3 Å². The molecule has 0 spiro atoms. The maximum Gasteiger partial charge on any atom is 0.344 e. The van der Waals surface area contributed by atoms with Crippen LogP contribution in [0, 0.1) is 0 Å². The van der Waals surface area contributed by atoms with E-state index in [4.69, 9.17) is 9.47 Å². The van der Waals surface area contributed by atoms with Crippen molar-refractivity contribution in [2.45, 2.75) is 6.92 Å². The van der Waals surface area contributed by atoms with E-state index in [0.717, 1.165) is 26.2 Å². The number of rotatable bonds is 5. The van der Waals surface area contributed by atoms with Crippen LogP contribution in [0.1, 0.15) is 6.92 Å². The lowest BCUT2D eigenvalue weighted by molar-refractivity contribution is -0.145. The quantitative estimate of drug-likeness (QED) is 0.832. The summed E-state index contributed by atoms with van der Waals surface area (Å²) in [5.74, 6) is 0.348. The Labute approximate surface area is 137 Å². The lowest BCUT2D eigenvalue weighted by atomic mass is 10.2. The smallest absolute Gasteiger partial charge is 0.344 e. The molecule has 0 atom stereocenters. The Bertz CT molecular complexity index is 409. The largest absolute Gasteiger partial charge is 0.482 e. The SMILES string of the molecule is CCOC(=O)COc1ccc(N2CCNCC2)cc1.Cl.Cl. The van der Waals surface area contributed by atoms with Gasteiger partial charge in [-0.1, -0.05) is 0 Å². The Balaban J connectivity index is 0.00000200. The van der Waals surface area contributed by atoms with Gasteiger partial charge in [0.25, 0.3) is 0 Å². The van der Waals surface area contributed by atoms with Gasteiger partial charge in [-0.15, -0.1) is 24.8 Å². The molecule has 1 aromatic carbocycles. The first-order valence-electron chi connectivity index (χ1n) is 6.63. The zero-order valence-electron chi connectivity index (χ0n) is 12.0. The van der Waals surface area contributed by atoms with Crippen LogP contribution in [0.3, 0.4) is 0 Å². The average Bonchev–Trinajstić information content (AvgIpc) is 2.47. The standard InChI is InChI=1S/C14H20N2O3.2ClH/c1-2-18-14(17)11-19-13-5-3-12(4-6-13)16-9-7-15-8-10-16;;/h3-6,15H,2,7-11H2,1H3;2*1H. The number of carbonyl (C=O) groups is 1. The molecule has 120 valence electrons. The number of hydrogen-bond acceptors (Lipinski definition) is 5. The van der Waals surface area contributed by atoms with Gasteiger partial charge in [-0.05, 0) is 31.2 Å². The number of piperazine rings is 1. The lowest BCUT2D eigenvalue weighted by Crippen LogP contribution is -2.43. The molecule has 0 aromatic heterocycles. The van der Waals surface area contributed by atoms with Gasteiger partial charge in [-0.3, -0.25) is 0 Å². The van der Waals surface area contributed by atoms with E-state index >= 15 is 0 Å². The third kappa shape index (κ3) is 6.42. The molecule has 0 radical (unpaired) electrons. The highest BCUT2D eigenvalue weighted by Gasteiger charge is 2.10. The van der Waals surface area contributed by atoms with Crippen molar-refractivity contribution in [2.24, 2.45) is 0 Å². The Morgan fingerprint density at radius 2 is 1.81 bits per heavy atom. The van der Waals surface area contributed by atoms with Crippen LogP contribution in [0.25, 0.3) is 0 Å². The fourth-order valence-electron chi connectivity index (χ4n) is 2.02. The number of anilines is 1. The van der Waals surface area contributed by atoms with Gasteiger partial charge in [0.05, 0.1) is 6.61 Å². The molecule has 2 rings (SSSR count). The number of ether oxygens (including phenoxy) is 2. The van der Waals surface area contributed by atoms with Gasteiger partial charge in [-0.25, -0.2) is 4.79 Å². The normalized spacial score (nSPS) is 13.7. The van der Waals surface area contributed by atoms with Gasteiger partial charge in [0, 0.05) is 31.9 Å². The highest BCUT2D eigenvalue weighted by Crippen LogP contribution is 2.19. The monoisotopic (exact) mass is 336 g/mol. The topological polar surface area (TPSA) is 50.8 Å². The minimum Gasteiger partial charge on any atom is -0.482 e. The van der Waals surface area contributed by atoms with Gasteiger partial charge < -0.3 is 19.7 Å². The predicted molar refractivity (Wildman–Crippen MR) is 88.1 cm³/mol. The molecule has 1 fully saturated rings. The van der Waals surface area contributed by atoms with Crippen LogP contribution in [0.15, 0.2) is 24.3 Å². The van der Waals surface area contributed by atoms with Crippen molar-refractivity contribution in [1.29, 1.82) is 0 Å². The number of halogens is 2. The zero-order valence-corrected chi connectivity index (χ0v) is 13.7. The molecule has 1 saturated heterocycles. The Morgan fingerprint density at radius 3 is 2.38 bits per heavy atom. The summed E-state index contributed by atoms with van der Waals surface area (Å²) < 4.78 is 10.2. The van der Waals surface area contributed by atoms with Gasteiger partial charge in [0.2, 0.25) is 0 Å². The second-order valence-corrected chi connectivity index (χ2v) is 4.32. The zero-order chi connectivity index (χ0) is 13.5. The van der Waals surface area contributed by atoms with E-state index < -0.39 is 0 Å². The van der Waals surface area contributed by atoms with Crippen LogP contribution < -0.4 is 15.0 Å². The first-order valence-corrected chi connectivity index (χ1v) is 6.63. The molecule has 1 aliphatic rings. The number of nitrogens with one attached hydrogen (secondary N) is 1. The molecule has 0 unspecified atom stereocenters. The van der Waals surface area contributed by atoms with E-state index in [1.807, 2.05) is 24.3 Å². The van der Waals surface area contributed by atoms with Gasteiger partial charge >= 0.3 is 5.97 Å². The molecule has 1 aliphatic heterocycles. The van der Waals surface area contributed by atoms with Gasteiger partial charge in [0.1, 0.15) is 5.75 Å². The molecule has 0 saturated carbocycles. The number of esters is 1. The minimum absolute atomic E-state index is 0. The first-order chi connectivity index (χ1) is 9.29. The summed E-state index contributed by atoms with van der Waals surface area (Å²) in [5.41, 5.74) is 1.19. The van der Waals surface area contributed by atoms with E-state index in [1.54, 1.807) is 6.92 Å². The molecular weight excluding hydrogens is 315 g/mol. The maximum atomic E-state index is 11.2. The molecule has 1 N–H and O–H groups in total. The molecular formula is C14H22Cl2N2O3. The van der Waals surface area contributed by atoms with Crippen LogP contribution >= 0.6 is 24.8 Å². The summed E-state index contributed by atoms with van der Waals surface area (Å²) in [4.78, 5) is 13.5. The van der Waals surface area contributed by atoms with Crippen molar-refractivity contribution in [3.63, 3.8) is 0 Å². The number of hydrogen-bond donors (Lipinski definition) is 1. The summed E-state index contributed by atoms with van der Waals surface area (Å²) in [6, 6.07) is 7.81. The summed E-state index contributed by atoms with van der Waals surface area (Å²) in [6.45, 7) is 6.18. The second kappa shape index (κ2) is 10.5. The lowest BCUT2D eigenvalue weighted by Gasteiger charge is -2.29. The Morgan fingerprint density at radius 1 is 1.19 bits per heavy atom. The first kappa shape index (κ1) is 19.8. The van der Waals surface area contributed by atoms with Gasteiger partial charge in [0.15, 0.2) is 6.61 Å². The van der Waals surface area contributed by atoms with Crippen LogP contribution in [0.4, 0.5) is 5.69 Å². The maximum absolute atomic E-state index is 11.2. The average molecular weight is 337 g/mol. The number of nitrogens with zero attached hydrogens (tertiary/aromatic N) is 1. The van der Waals surface area contributed by atoms with Crippen molar-refractivity contribution in [3.05, 3.63) is 24.3 Å². The summed E-state index contributed by atoms with van der Waals surface area (Å²) in [6.07, 6.45) is 0. The molecule has 5 nitrogen and oxygen atoms in total. The minimum atomic E-state index is -0.339. The fraction of sp³-hybridized carbons (Fsp3) is 0.500. The van der Waals surface area contributed by atoms with Crippen LogP contribution in [0.2, 0.25) is 0 Å². The van der Waals surface area contributed by atoms with E-state index in [9.17, 15) is 4.79 Å². The fourth-order valence-corrected chi connectivity index (χ4v) is 2.02. The summed E-state index contributed by atoms with van der Waals surface area (Å²) >= 11 is 0. The number of carbonyl (C=O) groups excluding carboxylic acids is 1. The Kier molecular flexibility index (Phi) is 9.95. The number of benzene rings is 1. The van der Waals surface area contributed by atoms with E-state index in [2.05, 4.69) is 10.2 Å². The van der Waals surface area contributed by atoms with Gasteiger partial charge in [-0.2, -0.15) is 0 Å². The van der Waals surface area contributed by atoms with Crippen molar-refractivity contribution in [3.8, 4) is 5.75 Å². The van der Waals surface area contributed by atoms with Crippen molar-refractivity contribution in [1.82, 2.24) is 5.32 Å². The third-order valence-corrected chi connectivity index (χ3v) is 2.98. The van der Waals surface area contributed by atoms with Crippen LogP contribution in [-0.2, 0) is 9.53 Å². The highest BCUT2D eigenvalue weighted by atomic mass is 35.5. The van der Waals surface area contributed by atoms with E-state index in [-0.39, 0.29) is 37.4 Å². The summed E-state index contributed by atoms with van der Waals surface area (Å²) in [7, 11) is 0. The second-order valence-electron chi connectivity index (χ2n) is 4.32. The molecule has 1 aromatic rings. The van der Waals surface area contributed by atoms with E-state index in [1.165, 1.54) is 5.69 Å². The van der Waals surface area contributed by atoms with Crippen LogP contribution in [-0.4, -0.2) is 45.4 Å². The predicted octanol–water partition coefficient (Wildman–Crippen LogP) is 1.88. The molecule has 7 heteroatoms. The molecule has 21 heavy (non-hydrogen) atoms. The molecule has 0 amide bonds. The molecule has 0 aliphatic carbocycles. The Hall–Kier alpha value is -1.17. The molecule has 1 heterocycles. The van der Waals surface area contributed by atoms with E-state index in [0.29, 0.717) is 12.4 Å².